The number of carbonyl (C=O) groups is 2. The minimum atomic E-state index is -0.418. The van der Waals surface area contributed by atoms with E-state index in [2.05, 4.69) is 30.0 Å². The van der Waals surface area contributed by atoms with Gasteiger partial charge < -0.3 is 4.74 Å². The van der Waals surface area contributed by atoms with Crippen LogP contribution in [0.1, 0.15) is 47.7 Å². The van der Waals surface area contributed by atoms with Crippen LogP contribution in [0.2, 0.25) is 0 Å². The highest BCUT2D eigenvalue weighted by molar-refractivity contribution is 7.80. The van der Waals surface area contributed by atoms with Crippen molar-refractivity contribution >= 4 is 29.1 Å². The molecule has 2 aromatic carbocycles. The monoisotopic (exact) mass is 399 g/mol. The standard InChI is InChI=1S/C21H25N3O3S/c1-4-15(3)16-8-10-18(11-9-16)27-13-19(25)23-24-21(28)22-20(26)17-7-5-6-14(2)12-17/h5-12,15H,4,13H2,1-3H3,(H,23,25)(H2,22,24,26,28). The lowest BCUT2D eigenvalue weighted by Gasteiger charge is -2.12. The van der Waals surface area contributed by atoms with E-state index >= 15 is 0 Å². The molecule has 148 valence electrons. The lowest BCUT2D eigenvalue weighted by Crippen LogP contribution is -2.49. The molecule has 0 bridgehead atoms. The number of benzene rings is 2. The Balaban J connectivity index is 1.73. The van der Waals surface area contributed by atoms with Gasteiger partial charge in [-0.25, -0.2) is 0 Å². The van der Waals surface area contributed by atoms with Crippen LogP contribution in [0.3, 0.4) is 0 Å². The van der Waals surface area contributed by atoms with Gasteiger partial charge in [0, 0.05) is 5.56 Å². The molecule has 28 heavy (non-hydrogen) atoms. The van der Waals surface area contributed by atoms with Crippen LogP contribution in [0.25, 0.3) is 0 Å². The van der Waals surface area contributed by atoms with E-state index in [0.717, 1.165) is 12.0 Å². The van der Waals surface area contributed by atoms with Crippen LogP contribution in [0.15, 0.2) is 48.5 Å². The molecular weight excluding hydrogens is 374 g/mol. The van der Waals surface area contributed by atoms with Crippen molar-refractivity contribution in [1.29, 1.82) is 0 Å². The predicted molar refractivity (Wildman–Crippen MR) is 113 cm³/mol. The molecule has 0 heterocycles. The van der Waals surface area contributed by atoms with E-state index in [1.165, 1.54) is 5.56 Å². The van der Waals surface area contributed by atoms with E-state index in [1.54, 1.807) is 18.2 Å². The molecule has 0 aliphatic carbocycles. The number of hydrazine groups is 1. The number of rotatable bonds is 6. The Morgan fingerprint density at radius 1 is 1.11 bits per heavy atom. The number of aryl methyl sites for hydroxylation is 1. The highest BCUT2D eigenvalue weighted by Gasteiger charge is 2.09. The topological polar surface area (TPSA) is 79.5 Å². The van der Waals surface area contributed by atoms with Crippen LogP contribution in [-0.2, 0) is 4.79 Å². The van der Waals surface area contributed by atoms with E-state index in [1.807, 2.05) is 37.3 Å². The number of ether oxygens (including phenoxy) is 1. The Kier molecular flexibility index (Phi) is 7.95. The molecule has 0 aliphatic rings. The van der Waals surface area contributed by atoms with Crippen molar-refractivity contribution in [2.24, 2.45) is 0 Å². The van der Waals surface area contributed by atoms with Crippen LogP contribution < -0.4 is 20.9 Å². The summed E-state index contributed by atoms with van der Waals surface area (Å²) in [6, 6.07) is 14.8. The normalized spacial score (nSPS) is 11.2. The van der Waals surface area contributed by atoms with Crippen molar-refractivity contribution in [2.45, 2.75) is 33.1 Å². The first-order chi connectivity index (χ1) is 13.4. The summed E-state index contributed by atoms with van der Waals surface area (Å²) in [5.41, 5.74) is 7.56. The lowest BCUT2D eigenvalue weighted by molar-refractivity contribution is -0.123. The average molecular weight is 400 g/mol. The lowest BCUT2D eigenvalue weighted by atomic mass is 9.99. The second-order valence-electron chi connectivity index (χ2n) is 6.49. The molecule has 3 N–H and O–H groups in total. The molecule has 6 nitrogen and oxygen atoms in total. The molecule has 1 atom stereocenters. The minimum absolute atomic E-state index is 0.00207. The summed E-state index contributed by atoms with van der Waals surface area (Å²) in [5.74, 6) is 0.321. The molecule has 1 unspecified atom stereocenters. The number of nitrogens with one attached hydrogen (secondary N) is 3. The van der Waals surface area contributed by atoms with Crippen LogP contribution in [-0.4, -0.2) is 23.5 Å². The zero-order valence-corrected chi connectivity index (χ0v) is 17.1. The maximum atomic E-state index is 12.1. The van der Waals surface area contributed by atoms with Crippen molar-refractivity contribution in [3.63, 3.8) is 0 Å². The average Bonchev–Trinajstić information content (AvgIpc) is 2.70. The summed E-state index contributed by atoms with van der Waals surface area (Å²) in [7, 11) is 0. The third-order valence-corrected chi connectivity index (χ3v) is 4.46. The maximum absolute atomic E-state index is 12.1. The third-order valence-electron chi connectivity index (χ3n) is 4.25. The summed E-state index contributed by atoms with van der Waals surface area (Å²) in [5, 5.41) is 2.50. The van der Waals surface area contributed by atoms with E-state index < -0.39 is 5.91 Å². The summed E-state index contributed by atoms with van der Waals surface area (Å²) in [6.07, 6.45) is 1.06. The molecular formula is C21H25N3O3S. The van der Waals surface area contributed by atoms with Crippen molar-refractivity contribution in [2.75, 3.05) is 6.61 Å². The first-order valence-corrected chi connectivity index (χ1v) is 9.49. The quantitative estimate of drug-likeness (QED) is 0.513. The molecule has 7 heteroatoms. The van der Waals surface area contributed by atoms with Gasteiger partial charge in [-0.3, -0.25) is 25.8 Å². The molecule has 0 radical (unpaired) electrons. The third kappa shape index (κ3) is 6.66. The fourth-order valence-corrected chi connectivity index (χ4v) is 2.58. The maximum Gasteiger partial charge on any atom is 0.276 e. The zero-order chi connectivity index (χ0) is 20.5. The second kappa shape index (κ2) is 10.4. The summed E-state index contributed by atoms with van der Waals surface area (Å²) in [6.45, 7) is 6.02. The highest BCUT2D eigenvalue weighted by Crippen LogP contribution is 2.21. The molecule has 2 amide bonds. The second-order valence-corrected chi connectivity index (χ2v) is 6.90. The Labute approximate surface area is 170 Å². The molecule has 0 fully saturated rings. The van der Waals surface area contributed by atoms with Gasteiger partial charge in [0.2, 0.25) is 0 Å². The number of hydrogen-bond donors (Lipinski definition) is 3. The number of thiocarbonyl (C=S) groups is 1. The van der Waals surface area contributed by atoms with Gasteiger partial charge in [-0.2, -0.15) is 0 Å². The van der Waals surface area contributed by atoms with Gasteiger partial charge in [0.1, 0.15) is 5.75 Å². The summed E-state index contributed by atoms with van der Waals surface area (Å²) in [4.78, 5) is 24.0. The van der Waals surface area contributed by atoms with Crippen molar-refractivity contribution in [1.82, 2.24) is 16.2 Å². The van der Waals surface area contributed by atoms with Crippen molar-refractivity contribution < 1.29 is 14.3 Å². The van der Waals surface area contributed by atoms with Crippen LogP contribution in [0, 0.1) is 6.92 Å². The molecule has 0 saturated carbocycles. The number of carbonyl (C=O) groups excluding carboxylic acids is 2. The Morgan fingerprint density at radius 2 is 1.82 bits per heavy atom. The van der Waals surface area contributed by atoms with Crippen molar-refractivity contribution in [3.05, 3.63) is 65.2 Å². The highest BCUT2D eigenvalue weighted by atomic mass is 32.1. The molecule has 0 aromatic heterocycles. The molecule has 0 spiro atoms. The number of amides is 2. The summed E-state index contributed by atoms with van der Waals surface area (Å²) >= 11 is 5.01. The minimum Gasteiger partial charge on any atom is -0.484 e. The van der Waals surface area contributed by atoms with Gasteiger partial charge in [0.05, 0.1) is 0 Å². The number of hydrogen-bond acceptors (Lipinski definition) is 4. The van der Waals surface area contributed by atoms with Crippen LogP contribution in [0.4, 0.5) is 0 Å². The largest absolute Gasteiger partial charge is 0.484 e. The molecule has 2 aromatic rings. The summed E-state index contributed by atoms with van der Waals surface area (Å²) < 4.78 is 5.45. The first kappa shape index (κ1) is 21.4. The first-order valence-electron chi connectivity index (χ1n) is 9.08. The van der Waals surface area contributed by atoms with Gasteiger partial charge in [0.15, 0.2) is 11.7 Å². The Hall–Kier alpha value is -2.93. The van der Waals surface area contributed by atoms with Gasteiger partial charge >= 0.3 is 0 Å². The fourth-order valence-electron chi connectivity index (χ4n) is 2.43. The Morgan fingerprint density at radius 3 is 2.46 bits per heavy atom. The van der Waals surface area contributed by atoms with Crippen molar-refractivity contribution in [3.8, 4) is 5.75 Å². The zero-order valence-electron chi connectivity index (χ0n) is 16.2. The van der Waals surface area contributed by atoms with Crippen LogP contribution in [0.5, 0.6) is 5.75 Å². The van der Waals surface area contributed by atoms with Crippen LogP contribution >= 0.6 is 12.2 Å². The predicted octanol–water partition coefficient (Wildman–Crippen LogP) is 3.22. The SMILES string of the molecule is CCC(C)c1ccc(OCC(=O)NNC(=S)NC(=O)c2cccc(C)c2)cc1. The smallest absolute Gasteiger partial charge is 0.276 e. The van der Waals surface area contributed by atoms with E-state index in [4.69, 9.17) is 17.0 Å². The van der Waals surface area contributed by atoms with Gasteiger partial charge in [-0.1, -0.05) is 43.7 Å². The van der Waals surface area contributed by atoms with Gasteiger partial charge in [-0.05, 0) is 61.3 Å². The van der Waals surface area contributed by atoms with E-state index in [9.17, 15) is 9.59 Å². The van der Waals surface area contributed by atoms with Gasteiger partial charge in [0.25, 0.3) is 11.8 Å². The fraction of sp³-hybridized carbons (Fsp3) is 0.286. The van der Waals surface area contributed by atoms with Gasteiger partial charge in [-0.15, -0.1) is 0 Å². The molecule has 0 aliphatic heterocycles. The Bertz CT molecular complexity index is 837. The van der Waals surface area contributed by atoms with E-state index in [-0.39, 0.29) is 17.6 Å². The molecule has 2 rings (SSSR count). The molecule has 0 saturated heterocycles. The van der Waals surface area contributed by atoms with E-state index in [0.29, 0.717) is 17.2 Å².